The second-order valence-electron chi connectivity index (χ2n) is 6.50. The minimum atomic E-state index is 0.688. The molecule has 1 saturated heterocycles. The summed E-state index contributed by atoms with van der Waals surface area (Å²) in [6.07, 6.45) is 5.77. The van der Waals surface area contributed by atoms with Crippen LogP contribution in [-0.2, 0) is 6.54 Å². The summed E-state index contributed by atoms with van der Waals surface area (Å²) in [6.45, 7) is 5.02. The van der Waals surface area contributed by atoms with Crippen LogP contribution in [0, 0.1) is 11.3 Å². The Labute approximate surface area is 153 Å². The highest BCUT2D eigenvalue weighted by Crippen LogP contribution is 2.19. The van der Waals surface area contributed by atoms with Crippen LogP contribution >= 0.6 is 0 Å². The van der Waals surface area contributed by atoms with Crippen LogP contribution in [0.15, 0.2) is 67.1 Å². The zero-order valence-corrected chi connectivity index (χ0v) is 14.6. The fraction of sp³-hybridized carbons (Fsp3) is 0.238. The average molecular weight is 343 g/mol. The van der Waals surface area contributed by atoms with E-state index in [1.165, 1.54) is 11.4 Å². The molecule has 0 aliphatic carbocycles. The monoisotopic (exact) mass is 343 g/mol. The van der Waals surface area contributed by atoms with Gasteiger partial charge in [0.15, 0.2) is 0 Å². The summed E-state index contributed by atoms with van der Waals surface area (Å²) in [5.74, 6) is 0. The average Bonchev–Trinajstić information content (AvgIpc) is 3.17. The number of hydrogen-bond acceptors (Lipinski definition) is 4. The van der Waals surface area contributed by atoms with Gasteiger partial charge in [0.1, 0.15) is 0 Å². The number of rotatable bonds is 4. The van der Waals surface area contributed by atoms with Crippen molar-refractivity contribution in [1.82, 2.24) is 14.5 Å². The van der Waals surface area contributed by atoms with E-state index in [4.69, 9.17) is 5.26 Å². The van der Waals surface area contributed by atoms with Crippen LogP contribution in [0.2, 0.25) is 0 Å². The zero-order valence-electron chi connectivity index (χ0n) is 14.6. The molecule has 5 nitrogen and oxygen atoms in total. The first-order valence-electron chi connectivity index (χ1n) is 8.87. The van der Waals surface area contributed by atoms with Gasteiger partial charge >= 0.3 is 0 Å². The molecule has 1 aliphatic rings. The summed E-state index contributed by atoms with van der Waals surface area (Å²) in [6, 6.07) is 18.4. The number of pyridine rings is 1. The van der Waals surface area contributed by atoms with Gasteiger partial charge in [0.25, 0.3) is 0 Å². The van der Waals surface area contributed by atoms with Crippen molar-refractivity contribution in [2.45, 2.75) is 6.54 Å². The fourth-order valence-electron chi connectivity index (χ4n) is 3.47. The predicted octanol–water partition coefficient (Wildman–Crippen LogP) is 3.07. The van der Waals surface area contributed by atoms with Crippen molar-refractivity contribution < 1.29 is 0 Å². The van der Waals surface area contributed by atoms with Crippen LogP contribution in [0.4, 0.5) is 5.69 Å². The summed E-state index contributed by atoms with van der Waals surface area (Å²) >= 11 is 0. The Kier molecular flexibility index (Phi) is 4.67. The van der Waals surface area contributed by atoms with Gasteiger partial charge in [0, 0.05) is 68.4 Å². The van der Waals surface area contributed by atoms with E-state index in [0.717, 1.165) is 38.4 Å². The van der Waals surface area contributed by atoms with E-state index in [9.17, 15) is 0 Å². The lowest BCUT2D eigenvalue weighted by molar-refractivity contribution is 0.246. The summed E-state index contributed by atoms with van der Waals surface area (Å²) < 4.78 is 2.18. The number of nitriles is 1. The molecule has 0 amide bonds. The van der Waals surface area contributed by atoms with Crippen molar-refractivity contribution >= 4 is 5.69 Å². The molecule has 0 N–H and O–H groups in total. The van der Waals surface area contributed by atoms with E-state index in [1.807, 2.05) is 36.7 Å². The lowest BCUT2D eigenvalue weighted by Crippen LogP contribution is -2.46. The van der Waals surface area contributed by atoms with Crippen molar-refractivity contribution in [3.8, 4) is 11.8 Å². The van der Waals surface area contributed by atoms with Crippen LogP contribution in [0.1, 0.15) is 11.3 Å². The Bertz CT molecular complexity index is 901. The second-order valence-corrected chi connectivity index (χ2v) is 6.50. The third-order valence-electron chi connectivity index (χ3n) is 4.87. The number of benzene rings is 1. The van der Waals surface area contributed by atoms with Gasteiger partial charge in [0.05, 0.1) is 11.6 Å². The highest BCUT2D eigenvalue weighted by atomic mass is 15.3. The molecule has 0 saturated carbocycles. The van der Waals surface area contributed by atoms with Gasteiger partial charge in [-0.2, -0.15) is 5.26 Å². The van der Waals surface area contributed by atoms with Crippen molar-refractivity contribution in [3.63, 3.8) is 0 Å². The van der Waals surface area contributed by atoms with Crippen LogP contribution in [0.5, 0.6) is 0 Å². The van der Waals surface area contributed by atoms with E-state index >= 15 is 0 Å². The van der Waals surface area contributed by atoms with Gasteiger partial charge in [-0.15, -0.1) is 0 Å². The third-order valence-corrected chi connectivity index (χ3v) is 4.87. The molecule has 1 aromatic carbocycles. The van der Waals surface area contributed by atoms with E-state index in [0.29, 0.717) is 5.56 Å². The molecule has 0 bridgehead atoms. The molecular weight excluding hydrogens is 322 g/mol. The van der Waals surface area contributed by atoms with Crippen LogP contribution < -0.4 is 4.90 Å². The standard InChI is InChI=1S/C21H21N5/c22-16-18-3-1-4-20(15-18)26-10-2-5-21(26)17-24-11-13-25(14-12-24)19-6-8-23-9-7-19/h1-10,15H,11-14,17H2. The first-order valence-corrected chi connectivity index (χ1v) is 8.87. The molecule has 0 spiro atoms. The van der Waals surface area contributed by atoms with Crippen molar-refractivity contribution in [2.24, 2.45) is 0 Å². The second kappa shape index (κ2) is 7.42. The first kappa shape index (κ1) is 16.4. The summed E-state index contributed by atoms with van der Waals surface area (Å²) in [5, 5.41) is 9.13. The minimum absolute atomic E-state index is 0.688. The summed E-state index contributed by atoms with van der Waals surface area (Å²) in [5.41, 5.74) is 4.22. The Morgan fingerprint density at radius 3 is 2.50 bits per heavy atom. The molecule has 3 aromatic rings. The topological polar surface area (TPSA) is 48.1 Å². The van der Waals surface area contributed by atoms with Gasteiger partial charge < -0.3 is 9.47 Å². The SMILES string of the molecule is N#Cc1cccc(-n2cccc2CN2CCN(c3ccncc3)CC2)c1. The van der Waals surface area contributed by atoms with Crippen molar-refractivity contribution in [1.29, 1.82) is 5.26 Å². The molecule has 0 unspecified atom stereocenters. The molecule has 0 radical (unpaired) electrons. The predicted molar refractivity (Wildman–Crippen MR) is 102 cm³/mol. The van der Waals surface area contributed by atoms with Crippen LogP contribution in [0.3, 0.4) is 0 Å². The van der Waals surface area contributed by atoms with Gasteiger partial charge in [0.2, 0.25) is 0 Å². The number of piperazine rings is 1. The quantitative estimate of drug-likeness (QED) is 0.730. The lowest BCUT2D eigenvalue weighted by Gasteiger charge is -2.36. The van der Waals surface area contributed by atoms with Crippen molar-refractivity contribution in [2.75, 3.05) is 31.1 Å². The maximum atomic E-state index is 9.13. The normalized spacial score (nSPS) is 15.0. The molecule has 5 heteroatoms. The zero-order chi connectivity index (χ0) is 17.8. The third kappa shape index (κ3) is 3.46. The Balaban J connectivity index is 1.43. The van der Waals surface area contributed by atoms with E-state index < -0.39 is 0 Å². The Hall–Kier alpha value is -3.10. The molecular formula is C21H21N5. The van der Waals surface area contributed by atoms with Crippen LogP contribution in [-0.4, -0.2) is 40.6 Å². The van der Waals surface area contributed by atoms with Gasteiger partial charge in [-0.1, -0.05) is 6.07 Å². The van der Waals surface area contributed by atoms with E-state index in [-0.39, 0.29) is 0 Å². The molecule has 3 heterocycles. The number of hydrogen-bond donors (Lipinski definition) is 0. The van der Waals surface area contributed by atoms with E-state index in [1.54, 1.807) is 0 Å². The molecule has 2 aromatic heterocycles. The maximum Gasteiger partial charge on any atom is 0.0992 e. The molecule has 130 valence electrons. The summed E-state index contributed by atoms with van der Waals surface area (Å²) in [7, 11) is 0. The molecule has 4 rings (SSSR count). The molecule has 1 fully saturated rings. The molecule has 1 aliphatic heterocycles. The van der Waals surface area contributed by atoms with Gasteiger partial charge in [-0.05, 0) is 42.5 Å². The molecule has 0 atom stereocenters. The Morgan fingerprint density at radius 1 is 0.923 bits per heavy atom. The highest BCUT2D eigenvalue weighted by Gasteiger charge is 2.18. The van der Waals surface area contributed by atoms with Gasteiger partial charge in [-0.3, -0.25) is 9.88 Å². The first-order chi connectivity index (χ1) is 12.8. The fourth-order valence-corrected chi connectivity index (χ4v) is 3.47. The van der Waals surface area contributed by atoms with Crippen LogP contribution in [0.25, 0.3) is 5.69 Å². The number of nitrogens with zero attached hydrogens (tertiary/aromatic N) is 5. The number of aromatic nitrogens is 2. The largest absolute Gasteiger partial charge is 0.369 e. The maximum absolute atomic E-state index is 9.13. The highest BCUT2D eigenvalue weighted by molar-refractivity contribution is 5.45. The summed E-state index contributed by atoms with van der Waals surface area (Å²) in [4.78, 5) is 8.99. The van der Waals surface area contributed by atoms with E-state index in [2.05, 4.69) is 55.9 Å². The lowest BCUT2D eigenvalue weighted by atomic mass is 10.2. The van der Waals surface area contributed by atoms with Crippen molar-refractivity contribution in [3.05, 3.63) is 78.4 Å². The minimum Gasteiger partial charge on any atom is -0.369 e. The molecule has 26 heavy (non-hydrogen) atoms. The Morgan fingerprint density at radius 2 is 1.73 bits per heavy atom. The number of anilines is 1. The van der Waals surface area contributed by atoms with Gasteiger partial charge in [-0.25, -0.2) is 0 Å². The smallest absolute Gasteiger partial charge is 0.0992 e.